The summed E-state index contributed by atoms with van der Waals surface area (Å²) in [5, 5.41) is 0. The Morgan fingerprint density at radius 1 is 1.47 bits per heavy atom. The molecule has 2 heterocycles. The van der Waals surface area contributed by atoms with Crippen molar-refractivity contribution in [3.8, 4) is 0 Å². The van der Waals surface area contributed by atoms with Crippen molar-refractivity contribution < 1.29 is 4.74 Å². The number of hydrogen-bond donors (Lipinski definition) is 1. The highest BCUT2D eigenvalue weighted by Gasteiger charge is 2.28. The first kappa shape index (κ1) is 14.3. The zero-order valence-corrected chi connectivity index (χ0v) is 12.4. The highest BCUT2D eigenvalue weighted by molar-refractivity contribution is 5.52. The smallest absolute Gasteiger partial charge is 0.134 e. The fraction of sp³-hybridized carbons (Fsp3) is 0.667. The number of anilines is 1. The van der Waals surface area contributed by atoms with Gasteiger partial charge in [-0.2, -0.15) is 0 Å². The minimum Gasteiger partial charge on any atom is -0.375 e. The molecule has 0 radical (unpaired) electrons. The molecule has 2 unspecified atom stereocenters. The molecule has 2 N–H and O–H groups in total. The van der Waals surface area contributed by atoms with Gasteiger partial charge in [0.1, 0.15) is 5.82 Å². The zero-order chi connectivity index (χ0) is 14.0. The molecule has 4 heteroatoms. The second kappa shape index (κ2) is 5.88. The summed E-state index contributed by atoms with van der Waals surface area (Å²) in [5.74, 6) is 1.06. The van der Waals surface area contributed by atoms with Gasteiger partial charge in [0.05, 0.1) is 18.8 Å². The van der Waals surface area contributed by atoms with Crippen LogP contribution >= 0.6 is 0 Å². The van der Waals surface area contributed by atoms with E-state index in [1.165, 1.54) is 5.56 Å². The van der Waals surface area contributed by atoms with Crippen LogP contribution in [0.15, 0.2) is 6.07 Å². The second-order valence-electron chi connectivity index (χ2n) is 5.45. The minimum atomic E-state index is 0.246. The lowest BCUT2D eigenvalue weighted by Crippen LogP contribution is -2.49. The Balaban J connectivity index is 2.43. The van der Waals surface area contributed by atoms with E-state index in [9.17, 15) is 0 Å². The summed E-state index contributed by atoms with van der Waals surface area (Å²) in [7, 11) is 0. The van der Waals surface area contributed by atoms with E-state index in [-0.39, 0.29) is 6.10 Å². The lowest BCUT2D eigenvalue weighted by Gasteiger charge is -2.40. The van der Waals surface area contributed by atoms with Crippen LogP contribution in [0.5, 0.6) is 0 Å². The molecule has 4 nitrogen and oxygen atoms in total. The number of nitrogens with zero attached hydrogens (tertiary/aromatic N) is 2. The molecule has 1 fully saturated rings. The van der Waals surface area contributed by atoms with Crippen LogP contribution in [-0.4, -0.2) is 30.3 Å². The van der Waals surface area contributed by atoms with Crippen molar-refractivity contribution in [2.75, 3.05) is 18.1 Å². The molecule has 1 saturated heterocycles. The molecule has 0 aromatic carbocycles. The molecule has 0 bridgehead atoms. The molecule has 1 aromatic rings. The largest absolute Gasteiger partial charge is 0.375 e. The Morgan fingerprint density at radius 2 is 2.21 bits per heavy atom. The second-order valence-corrected chi connectivity index (χ2v) is 5.45. The molecule has 19 heavy (non-hydrogen) atoms. The van der Waals surface area contributed by atoms with Gasteiger partial charge in [0.25, 0.3) is 0 Å². The Morgan fingerprint density at radius 3 is 2.84 bits per heavy atom. The van der Waals surface area contributed by atoms with Gasteiger partial charge in [0.15, 0.2) is 0 Å². The first-order chi connectivity index (χ1) is 9.06. The molecule has 2 rings (SSSR count). The number of ether oxygens (including phenoxy) is 1. The van der Waals surface area contributed by atoms with Gasteiger partial charge in [0, 0.05) is 24.3 Å². The van der Waals surface area contributed by atoms with E-state index < -0.39 is 0 Å². The van der Waals surface area contributed by atoms with Crippen LogP contribution in [0.3, 0.4) is 0 Å². The summed E-state index contributed by atoms with van der Waals surface area (Å²) < 4.78 is 5.77. The number of hydrogen-bond acceptors (Lipinski definition) is 4. The van der Waals surface area contributed by atoms with Crippen LogP contribution in [0, 0.1) is 13.8 Å². The van der Waals surface area contributed by atoms with Crippen LogP contribution in [0.2, 0.25) is 0 Å². The average molecular weight is 263 g/mol. The molecular weight excluding hydrogens is 238 g/mol. The van der Waals surface area contributed by atoms with Crippen molar-refractivity contribution in [3.63, 3.8) is 0 Å². The van der Waals surface area contributed by atoms with E-state index in [1.54, 1.807) is 0 Å². The topological polar surface area (TPSA) is 51.4 Å². The monoisotopic (exact) mass is 263 g/mol. The van der Waals surface area contributed by atoms with Gasteiger partial charge < -0.3 is 15.4 Å². The first-order valence-electron chi connectivity index (χ1n) is 7.12. The van der Waals surface area contributed by atoms with Crippen LogP contribution in [0.25, 0.3) is 0 Å². The third kappa shape index (κ3) is 2.90. The van der Waals surface area contributed by atoms with Crippen molar-refractivity contribution in [2.24, 2.45) is 5.73 Å². The molecule has 2 atom stereocenters. The standard InChI is InChI=1S/C15H25N3O/c1-5-13-9-19-12(4)8-18(13)15-14(7-16)10(2)6-11(3)17-15/h6,12-13H,5,7-9,16H2,1-4H3. The van der Waals surface area contributed by atoms with E-state index in [1.807, 2.05) is 6.92 Å². The van der Waals surface area contributed by atoms with E-state index in [2.05, 4.69) is 31.7 Å². The maximum absolute atomic E-state index is 5.93. The molecular formula is C15H25N3O. The number of aryl methyl sites for hydroxylation is 2. The number of nitrogens with two attached hydrogens (primary N) is 1. The highest BCUT2D eigenvalue weighted by atomic mass is 16.5. The summed E-state index contributed by atoms with van der Waals surface area (Å²) in [4.78, 5) is 7.14. The SMILES string of the molecule is CCC1COC(C)CN1c1nc(C)cc(C)c1CN. The van der Waals surface area contributed by atoms with Crippen molar-refractivity contribution in [2.45, 2.75) is 52.8 Å². The van der Waals surface area contributed by atoms with Gasteiger partial charge in [0.2, 0.25) is 0 Å². The number of pyridine rings is 1. The number of aromatic nitrogens is 1. The van der Waals surface area contributed by atoms with Gasteiger partial charge in [-0.25, -0.2) is 4.98 Å². The lowest BCUT2D eigenvalue weighted by molar-refractivity contribution is 0.0295. The minimum absolute atomic E-state index is 0.246. The highest BCUT2D eigenvalue weighted by Crippen LogP contribution is 2.27. The van der Waals surface area contributed by atoms with E-state index >= 15 is 0 Å². The van der Waals surface area contributed by atoms with E-state index in [0.29, 0.717) is 12.6 Å². The van der Waals surface area contributed by atoms with Crippen LogP contribution in [-0.2, 0) is 11.3 Å². The van der Waals surface area contributed by atoms with Crippen LogP contribution in [0.1, 0.15) is 37.1 Å². The maximum atomic E-state index is 5.93. The van der Waals surface area contributed by atoms with Gasteiger partial charge >= 0.3 is 0 Å². The fourth-order valence-electron chi connectivity index (χ4n) is 2.78. The van der Waals surface area contributed by atoms with Crippen LogP contribution < -0.4 is 10.6 Å². The van der Waals surface area contributed by atoms with Crippen molar-refractivity contribution in [1.82, 2.24) is 4.98 Å². The molecule has 1 aliphatic rings. The zero-order valence-electron chi connectivity index (χ0n) is 12.4. The summed E-state index contributed by atoms with van der Waals surface area (Å²) in [6, 6.07) is 2.51. The van der Waals surface area contributed by atoms with Crippen molar-refractivity contribution in [3.05, 3.63) is 22.9 Å². The number of morpholine rings is 1. The fourth-order valence-corrected chi connectivity index (χ4v) is 2.78. The Kier molecular flexibility index (Phi) is 4.42. The Labute approximate surface area is 116 Å². The van der Waals surface area contributed by atoms with Gasteiger partial charge in [-0.15, -0.1) is 0 Å². The summed E-state index contributed by atoms with van der Waals surface area (Å²) in [6.45, 7) is 10.7. The van der Waals surface area contributed by atoms with E-state index in [4.69, 9.17) is 15.5 Å². The molecule has 1 aliphatic heterocycles. The molecule has 106 valence electrons. The normalized spacial score (nSPS) is 23.7. The maximum Gasteiger partial charge on any atom is 0.134 e. The third-order valence-electron chi connectivity index (χ3n) is 3.87. The van der Waals surface area contributed by atoms with Crippen molar-refractivity contribution in [1.29, 1.82) is 0 Å². The molecule has 0 spiro atoms. The molecule has 1 aromatic heterocycles. The van der Waals surface area contributed by atoms with Gasteiger partial charge in [-0.05, 0) is 38.8 Å². The summed E-state index contributed by atoms with van der Waals surface area (Å²) >= 11 is 0. The molecule has 0 saturated carbocycles. The average Bonchev–Trinajstić information content (AvgIpc) is 2.37. The number of rotatable bonds is 3. The predicted molar refractivity (Wildman–Crippen MR) is 78.4 cm³/mol. The Bertz CT molecular complexity index is 447. The first-order valence-corrected chi connectivity index (χ1v) is 7.12. The lowest BCUT2D eigenvalue weighted by atomic mass is 10.1. The molecule has 0 aliphatic carbocycles. The summed E-state index contributed by atoms with van der Waals surface area (Å²) in [6.07, 6.45) is 1.31. The van der Waals surface area contributed by atoms with Gasteiger partial charge in [-0.1, -0.05) is 6.92 Å². The third-order valence-corrected chi connectivity index (χ3v) is 3.87. The summed E-state index contributed by atoms with van der Waals surface area (Å²) in [5.41, 5.74) is 9.39. The van der Waals surface area contributed by atoms with Gasteiger partial charge in [-0.3, -0.25) is 0 Å². The predicted octanol–water partition coefficient (Wildman–Crippen LogP) is 2.16. The Hall–Kier alpha value is -1.13. The molecule has 0 amide bonds. The van der Waals surface area contributed by atoms with Crippen LogP contribution in [0.4, 0.5) is 5.82 Å². The quantitative estimate of drug-likeness (QED) is 0.908. The van der Waals surface area contributed by atoms with Crippen molar-refractivity contribution >= 4 is 5.82 Å². The van der Waals surface area contributed by atoms with E-state index in [0.717, 1.165) is 36.6 Å².